The highest BCUT2D eigenvalue weighted by Gasteiger charge is 2.37. The average Bonchev–Trinajstić information content (AvgIpc) is 1.87. The fourth-order valence-corrected chi connectivity index (χ4v) is 0.474. The van der Waals surface area contributed by atoms with Gasteiger partial charge >= 0.3 is 0 Å². The summed E-state index contributed by atoms with van der Waals surface area (Å²) in [7, 11) is 0. The Hall–Kier alpha value is -0.570. The number of carbonyl (C=O) groups excluding carboxylic acids is 1. The first-order valence-corrected chi connectivity index (χ1v) is 3.58. The molecular formula is C8H15O3-. The fourth-order valence-electron chi connectivity index (χ4n) is 0.474. The normalized spacial score (nSPS) is 13.2. The summed E-state index contributed by atoms with van der Waals surface area (Å²) in [4.78, 5) is 10.6. The third-order valence-electron chi connectivity index (χ3n) is 2.60. The molecule has 3 nitrogen and oxygen atoms in total. The zero-order chi connectivity index (χ0) is 9.28. The third-order valence-corrected chi connectivity index (χ3v) is 2.60. The molecule has 0 aliphatic carbocycles. The zero-order valence-electron chi connectivity index (χ0n) is 7.47. The second kappa shape index (κ2) is 2.81. The van der Waals surface area contributed by atoms with E-state index in [0.29, 0.717) is 0 Å². The monoisotopic (exact) mass is 159 g/mol. The maximum absolute atomic E-state index is 10.6. The number of hydrogen-bond acceptors (Lipinski definition) is 3. The van der Waals surface area contributed by atoms with Crippen molar-refractivity contribution in [3.05, 3.63) is 0 Å². The summed E-state index contributed by atoms with van der Waals surface area (Å²) in [5.41, 5.74) is -1.65. The SMILES string of the molecule is CC(C)(CO)C(C)(C)C(=O)[O-]. The van der Waals surface area contributed by atoms with Gasteiger partial charge in [-0.3, -0.25) is 0 Å². The molecule has 0 fully saturated rings. The summed E-state index contributed by atoms with van der Waals surface area (Å²) in [5.74, 6) is -1.13. The first kappa shape index (κ1) is 10.4. The topological polar surface area (TPSA) is 60.4 Å². The van der Waals surface area contributed by atoms with Crippen LogP contribution in [0.25, 0.3) is 0 Å². The number of carboxylic acids is 1. The first-order chi connectivity index (χ1) is 4.75. The van der Waals surface area contributed by atoms with Crippen molar-refractivity contribution in [3.63, 3.8) is 0 Å². The van der Waals surface area contributed by atoms with Crippen LogP contribution in [-0.2, 0) is 4.79 Å². The van der Waals surface area contributed by atoms with Crippen LogP contribution in [0.3, 0.4) is 0 Å². The van der Waals surface area contributed by atoms with Crippen molar-refractivity contribution in [1.82, 2.24) is 0 Å². The van der Waals surface area contributed by atoms with Gasteiger partial charge in [0.1, 0.15) is 0 Å². The van der Waals surface area contributed by atoms with Crippen LogP contribution in [0, 0.1) is 10.8 Å². The summed E-state index contributed by atoms with van der Waals surface area (Å²) in [6, 6.07) is 0. The van der Waals surface area contributed by atoms with E-state index in [9.17, 15) is 9.90 Å². The molecule has 0 heterocycles. The Kier molecular flexibility index (Phi) is 2.67. The molecule has 0 saturated heterocycles. The lowest BCUT2D eigenvalue weighted by atomic mass is 9.68. The lowest BCUT2D eigenvalue weighted by Crippen LogP contribution is -2.49. The van der Waals surface area contributed by atoms with E-state index in [-0.39, 0.29) is 6.61 Å². The molecule has 11 heavy (non-hydrogen) atoms. The van der Waals surface area contributed by atoms with Crippen LogP contribution in [0.2, 0.25) is 0 Å². The highest BCUT2D eigenvalue weighted by atomic mass is 16.4. The van der Waals surface area contributed by atoms with Gasteiger partial charge in [0.2, 0.25) is 0 Å². The third kappa shape index (κ3) is 1.71. The molecule has 0 unspecified atom stereocenters. The molecule has 0 aliphatic heterocycles. The number of carbonyl (C=O) groups is 1. The number of rotatable bonds is 3. The van der Waals surface area contributed by atoms with E-state index in [1.54, 1.807) is 27.7 Å². The number of hydrogen-bond donors (Lipinski definition) is 1. The Morgan fingerprint density at radius 1 is 1.36 bits per heavy atom. The van der Waals surface area contributed by atoms with Crippen molar-refractivity contribution in [3.8, 4) is 0 Å². The molecule has 0 spiro atoms. The van der Waals surface area contributed by atoms with Crippen molar-refractivity contribution >= 4 is 5.97 Å². The van der Waals surface area contributed by atoms with Crippen LogP contribution >= 0.6 is 0 Å². The second-order valence-corrected chi connectivity index (χ2v) is 3.95. The molecule has 1 N–H and O–H groups in total. The lowest BCUT2D eigenvalue weighted by Gasteiger charge is -2.40. The summed E-state index contributed by atoms with van der Waals surface area (Å²) in [6.45, 7) is 6.34. The molecule has 0 aromatic carbocycles. The van der Waals surface area contributed by atoms with E-state index in [1.165, 1.54) is 0 Å². The van der Waals surface area contributed by atoms with Crippen molar-refractivity contribution in [1.29, 1.82) is 0 Å². The zero-order valence-corrected chi connectivity index (χ0v) is 7.47. The molecule has 0 aromatic rings. The average molecular weight is 159 g/mol. The van der Waals surface area contributed by atoms with Crippen LogP contribution in [0.5, 0.6) is 0 Å². The smallest absolute Gasteiger partial charge is 0.0490 e. The van der Waals surface area contributed by atoms with Gasteiger partial charge in [-0.25, -0.2) is 0 Å². The summed E-state index contributed by atoms with van der Waals surface area (Å²) < 4.78 is 0. The molecule has 0 aromatic heterocycles. The summed E-state index contributed by atoms with van der Waals surface area (Å²) in [5, 5.41) is 19.5. The van der Waals surface area contributed by atoms with E-state index in [0.717, 1.165) is 0 Å². The minimum absolute atomic E-state index is 0.159. The molecule has 0 atom stereocenters. The molecule has 3 heteroatoms. The molecule has 0 aliphatic rings. The van der Waals surface area contributed by atoms with Gasteiger partial charge in [-0.15, -0.1) is 0 Å². The lowest BCUT2D eigenvalue weighted by molar-refractivity contribution is -0.323. The van der Waals surface area contributed by atoms with Gasteiger partial charge in [0.15, 0.2) is 0 Å². The van der Waals surface area contributed by atoms with Gasteiger partial charge in [-0.2, -0.15) is 0 Å². The van der Waals surface area contributed by atoms with Crippen LogP contribution < -0.4 is 5.11 Å². The Morgan fingerprint density at radius 3 is 1.82 bits per heavy atom. The van der Waals surface area contributed by atoms with Gasteiger partial charge in [-0.05, 0) is 5.41 Å². The summed E-state index contributed by atoms with van der Waals surface area (Å²) in [6.07, 6.45) is 0. The second-order valence-electron chi connectivity index (χ2n) is 3.95. The number of carboxylic acid groups (broad SMARTS) is 1. The largest absolute Gasteiger partial charge is 0.550 e. The fraction of sp³-hybridized carbons (Fsp3) is 0.875. The van der Waals surface area contributed by atoms with E-state index in [1.807, 2.05) is 0 Å². The molecule has 66 valence electrons. The molecular weight excluding hydrogens is 144 g/mol. The van der Waals surface area contributed by atoms with E-state index < -0.39 is 16.8 Å². The van der Waals surface area contributed by atoms with Gasteiger partial charge in [-0.1, -0.05) is 27.7 Å². The van der Waals surface area contributed by atoms with Crippen molar-refractivity contribution in [2.24, 2.45) is 10.8 Å². The minimum Gasteiger partial charge on any atom is -0.550 e. The maximum atomic E-state index is 10.6. The van der Waals surface area contributed by atoms with Crippen molar-refractivity contribution in [2.45, 2.75) is 27.7 Å². The molecule has 0 saturated carbocycles. The Bertz CT molecular complexity index is 159. The molecule has 0 bridgehead atoms. The standard InChI is InChI=1S/C8H16O3/c1-7(2,5-9)8(3,4)6(10)11/h9H,5H2,1-4H3,(H,10,11)/p-1. The Balaban J connectivity index is 4.67. The minimum atomic E-state index is -1.13. The number of aliphatic hydroxyl groups excluding tert-OH is 1. The van der Waals surface area contributed by atoms with E-state index in [2.05, 4.69) is 0 Å². The quantitative estimate of drug-likeness (QED) is 0.619. The highest BCUT2D eigenvalue weighted by molar-refractivity contribution is 5.72. The van der Waals surface area contributed by atoms with Crippen LogP contribution in [0.15, 0.2) is 0 Å². The highest BCUT2D eigenvalue weighted by Crippen LogP contribution is 2.37. The van der Waals surface area contributed by atoms with Crippen LogP contribution in [0.4, 0.5) is 0 Å². The maximum Gasteiger partial charge on any atom is 0.0490 e. The predicted octanol–water partition coefficient (Wildman–Crippen LogP) is -0.219. The summed E-state index contributed by atoms with van der Waals surface area (Å²) >= 11 is 0. The number of aliphatic carboxylic acids is 1. The molecule has 0 rings (SSSR count). The van der Waals surface area contributed by atoms with Crippen LogP contribution in [0.1, 0.15) is 27.7 Å². The van der Waals surface area contributed by atoms with Crippen LogP contribution in [-0.4, -0.2) is 17.7 Å². The van der Waals surface area contributed by atoms with Crippen molar-refractivity contribution in [2.75, 3.05) is 6.61 Å². The molecule has 0 amide bonds. The Labute approximate surface area is 67.0 Å². The van der Waals surface area contributed by atoms with E-state index >= 15 is 0 Å². The van der Waals surface area contributed by atoms with Gasteiger partial charge in [0.05, 0.1) is 0 Å². The first-order valence-electron chi connectivity index (χ1n) is 3.58. The van der Waals surface area contributed by atoms with Gasteiger partial charge < -0.3 is 15.0 Å². The molecule has 0 radical (unpaired) electrons. The predicted molar refractivity (Wildman–Crippen MR) is 39.7 cm³/mol. The van der Waals surface area contributed by atoms with Gasteiger partial charge in [0, 0.05) is 18.0 Å². The number of aliphatic hydroxyl groups is 1. The van der Waals surface area contributed by atoms with Gasteiger partial charge in [0.25, 0.3) is 0 Å². The van der Waals surface area contributed by atoms with E-state index in [4.69, 9.17) is 5.11 Å². The Morgan fingerprint density at radius 2 is 1.73 bits per heavy atom. The van der Waals surface area contributed by atoms with Crippen molar-refractivity contribution < 1.29 is 15.0 Å².